The van der Waals surface area contributed by atoms with Gasteiger partial charge < -0.3 is 9.47 Å². The molecule has 90 valence electrons. The molecule has 0 radical (unpaired) electrons. The predicted molar refractivity (Wildman–Crippen MR) is 73.4 cm³/mol. The largest absolute Gasteiger partial charge is 0.490 e. The van der Waals surface area contributed by atoms with E-state index in [9.17, 15) is 0 Å². The average molecular weight is 352 g/mol. The second kappa shape index (κ2) is 5.92. The monoisotopic (exact) mass is 350 g/mol. The van der Waals surface area contributed by atoms with Gasteiger partial charge >= 0.3 is 0 Å². The first-order valence-corrected chi connectivity index (χ1v) is 6.81. The summed E-state index contributed by atoms with van der Waals surface area (Å²) in [6.45, 7) is 7.99. The Labute approximate surface area is 114 Å². The molecule has 1 rings (SSSR count). The van der Waals surface area contributed by atoms with Gasteiger partial charge in [0.1, 0.15) is 11.5 Å². The second-order valence-electron chi connectivity index (χ2n) is 4.05. The van der Waals surface area contributed by atoms with Crippen LogP contribution in [0.4, 0.5) is 0 Å². The van der Waals surface area contributed by atoms with Crippen molar-refractivity contribution in [3.8, 4) is 11.5 Å². The summed E-state index contributed by atoms with van der Waals surface area (Å²) in [6.07, 6.45) is 0.286. The van der Waals surface area contributed by atoms with E-state index in [1.807, 2.05) is 39.8 Å². The summed E-state index contributed by atoms with van der Waals surface area (Å²) in [7, 11) is 0. The summed E-state index contributed by atoms with van der Waals surface area (Å²) in [5, 5.41) is 0. The van der Waals surface area contributed by atoms with Crippen molar-refractivity contribution in [3.05, 3.63) is 21.1 Å². The molecule has 0 atom stereocenters. The fourth-order valence-corrected chi connectivity index (χ4v) is 2.38. The molecule has 0 fully saturated rings. The van der Waals surface area contributed by atoms with Crippen LogP contribution in [-0.2, 0) is 0 Å². The number of ether oxygens (including phenoxy) is 2. The molecule has 1 aromatic rings. The van der Waals surface area contributed by atoms with E-state index in [1.54, 1.807) is 0 Å². The van der Waals surface area contributed by atoms with Crippen LogP contribution in [0.2, 0.25) is 0 Å². The minimum Gasteiger partial charge on any atom is -0.490 e. The van der Waals surface area contributed by atoms with Gasteiger partial charge in [-0.25, -0.2) is 0 Å². The van der Waals surface area contributed by atoms with Gasteiger partial charge in [0.05, 0.1) is 21.2 Å². The highest BCUT2D eigenvalue weighted by Crippen LogP contribution is 2.37. The third-order valence-corrected chi connectivity index (χ3v) is 2.95. The molecule has 0 amide bonds. The molecule has 0 aliphatic carbocycles. The maximum atomic E-state index is 5.67. The first-order chi connectivity index (χ1) is 7.40. The molecular weight excluding hydrogens is 336 g/mol. The first-order valence-electron chi connectivity index (χ1n) is 5.22. The highest BCUT2D eigenvalue weighted by atomic mass is 79.9. The Morgan fingerprint density at radius 3 is 1.50 bits per heavy atom. The summed E-state index contributed by atoms with van der Waals surface area (Å²) in [5.74, 6) is 1.60. The number of rotatable bonds is 4. The van der Waals surface area contributed by atoms with Gasteiger partial charge in [-0.3, -0.25) is 0 Å². The van der Waals surface area contributed by atoms with Crippen molar-refractivity contribution in [2.45, 2.75) is 39.9 Å². The molecule has 4 heteroatoms. The third-order valence-electron chi connectivity index (χ3n) is 1.71. The van der Waals surface area contributed by atoms with Crippen molar-refractivity contribution in [1.82, 2.24) is 0 Å². The molecule has 0 saturated carbocycles. The van der Waals surface area contributed by atoms with Gasteiger partial charge in [-0.2, -0.15) is 0 Å². The van der Waals surface area contributed by atoms with E-state index in [1.165, 1.54) is 0 Å². The molecule has 0 spiro atoms. The van der Waals surface area contributed by atoms with Crippen LogP contribution in [0.15, 0.2) is 21.1 Å². The fraction of sp³-hybridized carbons (Fsp3) is 0.500. The highest BCUT2D eigenvalue weighted by Gasteiger charge is 2.11. The Morgan fingerprint density at radius 1 is 0.812 bits per heavy atom. The van der Waals surface area contributed by atoms with Crippen molar-refractivity contribution in [2.24, 2.45) is 0 Å². The Kier molecular flexibility index (Phi) is 5.12. The standard InChI is InChI=1S/C12H16Br2O2/c1-7(2)15-11-6-12(16-8(3)4)10(14)5-9(11)13/h5-8H,1-4H3. The Bertz CT molecular complexity index is 331. The maximum Gasteiger partial charge on any atom is 0.137 e. The van der Waals surface area contributed by atoms with E-state index in [4.69, 9.17) is 9.47 Å². The average Bonchev–Trinajstić information content (AvgIpc) is 2.11. The lowest BCUT2D eigenvalue weighted by Gasteiger charge is -2.16. The molecule has 1 aromatic carbocycles. The topological polar surface area (TPSA) is 18.5 Å². The molecule has 2 nitrogen and oxygen atoms in total. The summed E-state index contributed by atoms with van der Waals surface area (Å²) in [5.41, 5.74) is 0. The van der Waals surface area contributed by atoms with E-state index in [0.717, 1.165) is 20.4 Å². The summed E-state index contributed by atoms with van der Waals surface area (Å²) in [6, 6.07) is 3.84. The summed E-state index contributed by atoms with van der Waals surface area (Å²) >= 11 is 6.93. The number of hydrogen-bond acceptors (Lipinski definition) is 2. The Hall–Kier alpha value is -0.220. The molecular formula is C12H16Br2O2. The van der Waals surface area contributed by atoms with Gasteiger partial charge in [0.15, 0.2) is 0 Å². The molecule has 0 heterocycles. The molecule has 0 N–H and O–H groups in total. The van der Waals surface area contributed by atoms with E-state index >= 15 is 0 Å². The molecule has 0 bridgehead atoms. The minimum atomic E-state index is 0.143. The van der Waals surface area contributed by atoms with Crippen LogP contribution < -0.4 is 9.47 Å². The highest BCUT2D eigenvalue weighted by molar-refractivity contribution is 9.11. The lowest BCUT2D eigenvalue weighted by Crippen LogP contribution is -2.08. The Morgan fingerprint density at radius 2 is 1.19 bits per heavy atom. The lowest BCUT2D eigenvalue weighted by molar-refractivity contribution is 0.227. The first kappa shape index (κ1) is 13.8. The van der Waals surface area contributed by atoms with E-state index in [-0.39, 0.29) is 12.2 Å². The van der Waals surface area contributed by atoms with Gasteiger partial charge in [0, 0.05) is 6.07 Å². The predicted octanol–water partition coefficient (Wildman–Crippen LogP) is 4.79. The van der Waals surface area contributed by atoms with Crippen LogP contribution >= 0.6 is 31.9 Å². The SMILES string of the molecule is CC(C)Oc1cc(OC(C)C)c(Br)cc1Br. The van der Waals surface area contributed by atoms with Crippen LogP contribution in [0.25, 0.3) is 0 Å². The zero-order valence-corrected chi connectivity index (χ0v) is 13.1. The van der Waals surface area contributed by atoms with Gasteiger partial charge in [-0.05, 0) is 65.6 Å². The van der Waals surface area contributed by atoms with Crippen LogP contribution in [0, 0.1) is 0 Å². The van der Waals surface area contributed by atoms with Crippen LogP contribution in [0.1, 0.15) is 27.7 Å². The van der Waals surface area contributed by atoms with Gasteiger partial charge in [-0.1, -0.05) is 0 Å². The van der Waals surface area contributed by atoms with Gasteiger partial charge in [0.2, 0.25) is 0 Å². The minimum absolute atomic E-state index is 0.143. The van der Waals surface area contributed by atoms with Gasteiger partial charge in [0.25, 0.3) is 0 Å². The smallest absolute Gasteiger partial charge is 0.137 e. The summed E-state index contributed by atoms with van der Waals surface area (Å²) in [4.78, 5) is 0. The van der Waals surface area contributed by atoms with E-state index < -0.39 is 0 Å². The zero-order valence-electron chi connectivity index (χ0n) is 9.88. The number of hydrogen-bond donors (Lipinski definition) is 0. The summed E-state index contributed by atoms with van der Waals surface area (Å²) < 4.78 is 13.2. The second-order valence-corrected chi connectivity index (χ2v) is 5.75. The lowest BCUT2D eigenvalue weighted by atomic mass is 10.3. The Balaban J connectivity index is 3.01. The van der Waals surface area contributed by atoms with E-state index in [0.29, 0.717) is 0 Å². The normalized spacial score (nSPS) is 11.0. The van der Waals surface area contributed by atoms with Crippen molar-refractivity contribution in [3.63, 3.8) is 0 Å². The molecule has 16 heavy (non-hydrogen) atoms. The van der Waals surface area contributed by atoms with Gasteiger partial charge in [-0.15, -0.1) is 0 Å². The molecule has 0 aromatic heterocycles. The van der Waals surface area contributed by atoms with Crippen LogP contribution in [0.3, 0.4) is 0 Å². The van der Waals surface area contributed by atoms with Crippen molar-refractivity contribution < 1.29 is 9.47 Å². The quantitative estimate of drug-likeness (QED) is 0.776. The van der Waals surface area contributed by atoms with Crippen LogP contribution in [-0.4, -0.2) is 12.2 Å². The van der Waals surface area contributed by atoms with Crippen molar-refractivity contribution >= 4 is 31.9 Å². The number of benzene rings is 1. The number of halogens is 2. The molecule has 0 aliphatic heterocycles. The van der Waals surface area contributed by atoms with E-state index in [2.05, 4.69) is 31.9 Å². The zero-order chi connectivity index (χ0) is 12.3. The van der Waals surface area contributed by atoms with Crippen molar-refractivity contribution in [2.75, 3.05) is 0 Å². The molecule has 0 saturated heterocycles. The maximum absolute atomic E-state index is 5.67. The molecule has 0 aliphatic rings. The third kappa shape index (κ3) is 3.98. The van der Waals surface area contributed by atoms with Crippen LogP contribution in [0.5, 0.6) is 11.5 Å². The van der Waals surface area contributed by atoms with Crippen molar-refractivity contribution in [1.29, 1.82) is 0 Å². The molecule has 0 unspecified atom stereocenters. The fourth-order valence-electron chi connectivity index (χ4n) is 1.20.